The highest BCUT2D eigenvalue weighted by Gasteiger charge is 2.26. The van der Waals surface area contributed by atoms with Crippen LogP contribution in [0, 0.1) is 0 Å². The highest BCUT2D eigenvalue weighted by Crippen LogP contribution is 2.32. The number of anilines is 1. The molecule has 1 fully saturated rings. The van der Waals surface area contributed by atoms with Crippen LogP contribution in [0.4, 0.5) is 5.69 Å². The molecule has 2 nitrogen and oxygen atoms in total. The SMILES string of the molecule is CC1CCCCCN1CC1CNc2ccccc21. The van der Waals surface area contributed by atoms with Gasteiger partial charge in [0.15, 0.2) is 0 Å². The predicted molar refractivity (Wildman–Crippen MR) is 77.2 cm³/mol. The summed E-state index contributed by atoms with van der Waals surface area (Å²) in [5.74, 6) is 0.682. The second kappa shape index (κ2) is 5.31. The van der Waals surface area contributed by atoms with Crippen LogP contribution < -0.4 is 5.32 Å². The molecule has 1 N–H and O–H groups in total. The molecule has 98 valence electrons. The summed E-state index contributed by atoms with van der Waals surface area (Å²) in [7, 11) is 0. The summed E-state index contributed by atoms with van der Waals surface area (Å²) in [6.07, 6.45) is 5.59. The highest BCUT2D eigenvalue weighted by atomic mass is 15.2. The van der Waals surface area contributed by atoms with Gasteiger partial charge in [-0.1, -0.05) is 31.0 Å². The summed E-state index contributed by atoms with van der Waals surface area (Å²) < 4.78 is 0. The van der Waals surface area contributed by atoms with Gasteiger partial charge in [0, 0.05) is 30.7 Å². The van der Waals surface area contributed by atoms with E-state index in [0.29, 0.717) is 5.92 Å². The van der Waals surface area contributed by atoms with Gasteiger partial charge in [-0.05, 0) is 37.9 Å². The Labute approximate surface area is 110 Å². The number of nitrogens with zero attached hydrogens (tertiary/aromatic N) is 1. The van der Waals surface area contributed by atoms with Crippen LogP contribution >= 0.6 is 0 Å². The Morgan fingerprint density at radius 1 is 1.22 bits per heavy atom. The Morgan fingerprint density at radius 2 is 2.11 bits per heavy atom. The van der Waals surface area contributed by atoms with Crippen molar-refractivity contribution in [3.63, 3.8) is 0 Å². The largest absolute Gasteiger partial charge is 0.384 e. The van der Waals surface area contributed by atoms with Crippen molar-refractivity contribution in [1.29, 1.82) is 0 Å². The van der Waals surface area contributed by atoms with Crippen LogP contribution in [0.1, 0.15) is 44.1 Å². The van der Waals surface area contributed by atoms with E-state index in [1.807, 2.05) is 0 Å². The molecule has 2 aliphatic heterocycles. The van der Waals surface area contributed by atoms with Gasteiger partial charge >= 0.3 is 0 Å². The number of hydrogen-bond donors (Lipinski definition) is 1. The van der Waals surface area contributed by atoms with E-state index in [0.717, 1.165) is 12.6 Å². The van der Waals surface area contributed by atoms with Gasteiger partial charge < -0.3 is 5.32 Å². The molecule has 2 heterocycles. The van der Waals surface area contributed by atoms with Gasteiger partial charge in [-0.25, -0.2) is 0 Å². The minimum atomic E-state index is 0.682. The van der Waals surface area contributed by atoms with Crippen LogP contribution in [0.25, 0.3) is 0 Å². The molecule has 0 radical (unpaired) electrons. The lowest BCUT2D eigenvalue weighted by molar-refractivity contribution is 0.203. The van der Waals surface area contributed by atoms with E-state index in [2.05, 4.69) is 41.4 Å². The van der Waals surface area contributed by atoms with Gasteiger partial charge in [-0.15, -0.1) is 0 Å². The van der Waals surface area contributed by atoms with Crippen molar-refractivity contribution >= 4 is 5.69 Å². The topological polar surface area (TPSA) is 15.3 Å². The molecule has 0 amide bonds. The number of likely N-dealkylation sites (tertiary alicyclic amines) is 1. The Bertz CT molecular complexity index is 402. The normalized spacial score (nSPS) is 28.5. The monoisotopic (exact) mass is 244 g/mol. The minimum absolute atomic E-state index is 0.682. The summed E-state index contributed by atoms with van der Waals surface area (Å²) in [5, 5.41) is 3.54. The molecule has 1 aromatic rings. The van der Waals surface area contributed by atoms with Crippen LogP contribution in [0.2, 0.25) is 0 Å². The average molecular weight is 244 g/mol. The molecule has 2 aliphatic rings. The molecule has 0 spiro atoms. The van der Waals surface area contributed by atoms with Crippen molar-refractivity contribution in [3.8, 4) is 0 Å². The number of benzene rings is 1. The molecule has 0 aliphatic carbocycles. The summed E-state index contributed by atoms with van der Waals surface area (Å²) in [5.41, 5.74) is 2.87. The molecule has 1 aromatic carbocycles. The van der Waals surface area contributed by atoms with Crippen molar-refractivity contribution in [1.82, 2.24) is 4.90 Å². The first-order valence-electron chi connectivity index (χ1n) is 7.41. The van der Waals surface area contributed by atoms with Crippen LogP contribution in [-0.2, 0) is 0 Å². The number of fused-ring (bicyclic) bond motifs is 1. The quantitative estimate of drug-likeness (QED) is 0.857. The fourth-order valence-corrected chi connectivity index (χ4v) is 3.41. The number of hydrogen-bond acceptors (Lipinski definition) is 2. The first-order valence-corrected chi connectivity index (χ1v) is 7.41. The predicted octanol–water partition coefficient (Wildman–Crippen LogP) is 3.46. The molecule has 2 atom stereocenters. The highest BCUT2D eigenvalue weighted by molar-refractivity contribution is 5.57. The lowest BCUT2D eigenvalue weighted by atomic mass is 10.00. The van der Waals surface area contributed by atoms with E-state index in [1.165, 1.54) is 50.0 Å². The Morgan fingerprint density at radius 3 is 3.06 bits per heavy atom. The van der Waals surface area contributed by atoms with Gasteiger partial charge in [-0.2, -0.15) is 0 Å². The van der Waals surface area contributed by atoms with E-state index >= 15 is 0 Å². The Kier molecular flexibility index (Phi) is 3.55. The van der Waals surface area contributed by atoms with Crippen molar-refractivity contribution < 1.29 is 0 Å². The van der Waals surface area contributed by atoms with Crippen LogP contribution in [0.3, 0.4) is 0 Å². The maximum absolute atomic E-state index is 3.54. The standard InChI is InChI=1S/C16H24N2/c1-13-7-3-2-6-10-18(13)12-14-11-17-16-9-5-4-8-15(14)16/h4-5,8-9,13-14,17H,2-3,6-7,10-12H2,1H3. The van der Waals surface area contributed by atoms with Gasteiger partial charge in [-0.3, -0.25) is 4.90 Å². The third-order valence-electron chi connectivity index (χ3n) is 4.58. The van der Waals surface area contributed by atoms with Gasteiger partial charge in [0.2, 0.25) is 0 Å². The maximum atomic E-state index is 3.54. The van der Waals surface area contributed by atoms with Crippen LogP contribution in [0.15, 0.2) is 24.3 Å². The zero-order valence-electron chi connectivity index (χ0n) is 11.4. The molecular weight excluding hydrogens is 220 g/mol. The first-order chi connectivity index (χ1) is 8.84. The summed E-state index contributed by atoms with van der Waals surface area (Å²) >= 11 is 0. The van der Waals surface area contributed by atoms with Crippen molar-refractivity contribution in [3.05, 3.63) is 29.8 Å². The third-order valence-corrected chi connectivity index (χ3v) is 4.58. The first kappa shape index (κ1) is 12.0. The van der Waals surface area contributed by atoms with E-state index in [4.69, 9.17) is 0 Å². The van der Waals surface area contributed by atoms with Crippen molar-refractivity contribution in [2.75, 3.05) is 25.0 Å². The van der Waals surface area contributed by atoms with Gasteiger partial charge in [0.05, 0.1) is 0 Å². The molecular formula is C16H24N2. The molecule has 1 saturated heterocycles. The number of rotatable bonds is 2. The second-order valence-corrected chi connectivity index (χ2v) is 5.86. The second-order valence-electron chi connectivity index (χ2n) is 5.86. The molecule has 0 bridgehead atoms. The number of nitrogens with one attached hydrogen (secondary N) is 1. The van der Waals surface area contributed by atoms with Crippen molar-refractivity contribution in [2.45, 2.75) is 44.6 Å². The summed E-state index contributed by atoms with van der Waals surface area (Å²) in [6.45, 7) is 6.03. The molecule has 18 heavy (non-hydrogen) atoms. The van der Waals surface area contributed by atoms with E-state index in [1.54, 1.807) is 0 Å². The average Bonchev–Trinajstić information content (AvgIpc) is 2.69. The Hall–Kier alpha value is -1.02. The van der Waals surface area contributed by atoms with E-state index in [-0.39, 0.29) is 0 Å². The Balaban J connectivity index is 1.70. The van der Waals surface area contributed by atoms with E-state index < -0.39 is 0 Å². The van der Waals surface area contributed by atoms with Gasteiger partial charge in [0.1, 0.15) is 0 Å². The minimum Gasteiger partial charge on any atom is -0.384 e. The fraction of sp³-hybridized carbons (Fsp3) is 0.625. The van der Waals surface area contributed by atoms with Crippen LogP contribution in [0.5, 0.6) is 0 Å². The lowest BCUT2D eigenvalue weighted by Crippen LogP contribution is -2.36. The van der Waals surface area contributed by atoms with Crippen molar-refractivity contribution in [2.24, 2.45) is 0 Å². The zero-order valence-corrected chi connectivity index (χ0v) is 11.4. The summed E-state index contributed by atoms with van der Waals surface area (Å²) in [4.78, 5) is 2.71. The smallest absolute Gasteiger partial charge is 0.0376 e. The third kappa shape index (κ3) is 2.39. The fourth-order valence-electron chi connectivity index (χ4n) is 3.41. The zero-order chi connectivity index (χ0) is 12.4. The summed E-state index contributed by atoms with van der Waals surface area (Å²) in [6, 6.07) is 9.57. The van der Waals surface area contributed by atoms with E-state index in [9.17, 15) is 0 Å². The molecule has 0 saturated carbocycles. The maximum Gasteiger partial charge on any atom is 0.0376 e. The molecule has 2 unspecified atom stereocenters. The molecule has 2 heteroatoms. The lowest BCUT2D eigenvalue weighted by Gasteiger charge is -2.29. The molecule has 0 aromatic heterocycles. The molecule has 3 rings (SSSR count). The van der Waals surface area contributed by atoms with Gasteiger partial charge in [0.25, 0.3) is 0 Å². The van der Waals surface area contributed by atoms with Crippen LogP contribution in [-0.4, -0.2) is 30.6 Å². The number of para-hydroxylation sites is 1.